The third-order valence-electron chi connectivity index (χ3n) is 3.15. The van der Waals surface area contributed by atoms with Gasteiger partial charge in [0.25, 0.3) is 5.91 Å². The van der Waals surface area contributed by atoms with E-state index in [2.05, 4.69) is 24.5 Å². The van der Waals surface area contributed by atoms with Gasteiger partial charge in [-0.15, -0.1) is 0 Å². The predicted octanol–water partition coefficient (Wildman–Crippen LogP) is 3.81. The number of rotatable bonds is 4. The van der Waals surface area contributed by atoms with Crippen molar-refractivity contribution in [2.45, 2.75) is 53.2 Å². The number of benzene rings is 1. The lowest BCUT2D eigenvalue weighted by Gasteiger charge is -2.20. The Kier molecular flexibility index (Phi) is 5.97. The van der Waals surface area contributed by atoms with Crippen molar-refractivity contribution >= 4 is 17.7 Å². The maximum absolute atomic E-state index is 12.1. The van der Waals surface area contributed by atoms with Crippen LogP contribution in [0.5, 0.6) is 0 Å². The molecular weight excluding hydrogens is 280 g/mol. The van der Waals surface area contributed by atoms with E-state index in [0.717, 1.165) is 0 Å². The highest BCUT2D eigenvalue weighted by Crippen LogP contribution is 2.13. The fraction of sp³-hybridized carbons (Fsp3) is 0.529. The Balaban J connectivity index is 2.63. The van der Waals surface area contributed by atoms with E-state index in [1.165, 1.54) is 0 Å². The summed E-state index contributed by atoms with van der Waals surface area (Å²) in [7, 11) is 0. The van der Waals surface area contributed by atoms with Gasteiger partial charge in [-0.05, 0) is 57.9 Å². The lowest BCUT2D eigenvalue weighted by atomic mass is 10.1. The van der Waals surface area contributed by atoms with Crippen molar-refractivity contribution in [3.05, 3.63) is 29.8 Å². The van der Waals surface area contributed by atoms with Gasteiger partial charge in [0.15, 0.2) is 0 Å². The lowest BCUT2D eigenvalue weighted by molar-refractivity contribution is 0.0635. The van der Waals surface area contributed by atoms with Crippen molar-refractivity contribution in [2.24, 2.45) is 5.92 Å². The predicted molar refractivity (Wildman–Crippen MR) is 88.1 cm³/mol. The van der Waals surface area contributed by atoms with Crippen LogP contribution in [0, 0.1) is 5.92 Å². The number of hydrogen-bond acceptors (Lipinski definition) is 3. The molecule has 2 N–H and O–H groups in total. The van der Waals surface area contributed by atoms with Gasteiger partial charge < -0.3 is 10.1 Å². The molecule has 1 aromatic carbocycles. The average molecular weight is 306 g/mol. The van der Waals surface area contributed by atoms with Crippen LogP contribution in [-0.2, 0) is 4.74 Å². The molecular formula is C17H26N2O3. The zero-order valence-corrected chi connectivity index (χ0v) is 14.2. The van der Waals surface area contributed by atoms with Crippen molar-refractivity contribution < 1.29 is 14.3 Å². The molecule has 0 aliphatic rings. The van der Waals surface area contributed by atoms with Crippen LogP contribution in [0.25, 0.3) is 0 Å². The maximum atomic E-state index is 12.1. The van der Waals surface area contributed by atoms with E-state index < -0.39 is 11.7 Å². The second-order valence-corrected chi connectivity index (χ2v) is 6.71. The van der Waals surface area contributed by atoms with Gasteiger partial charge >= 0.3 is 6.09 Å². The van der Waals surface area contributed by atoms with Crippen LogP contribution in [0.2, 0.25) is 0 Å². The van der Waals surface area contributed by atoms with E-state index in [0.29, 0.717) is 17.2 Å². The molecule has 0 aliphatic carbocycles. The van der Waals surface area contributed by atoms with Crippen LogP contribution < -0.4 is 10.6 Å². The van der Waals surface area contributed by atoms with Crippen LogP contribution in [0.4, 0.5) is 10.5 Å². The van der Waals surface area contributed by atoms with Gasteiger partial charge in [-0.25, -0.2) is 4.79 Å². The molecule has 0 radical (unpaired) electrons. The standard InChI is InChI=1S/C17H26N2O3/c1-11(2)12(3)18-15(20)13-7-9-14(10-8-13)19-16(21)22-17(4,5)6/h7-12H,1-6H3,(H,18,20)(H,19,21). The summed E-state index contributed by atoms with van der Waals surface area (Å²) in [5.41, 5.74) is 0.599. The summed E-state index contributed by atoms with van der Waals surface area (Å²) in [6.45, 7) is 11.5. The Hall–Kier alpha value is -2.04. The number of amides is 2. The minimum Gasteiger partial charge on any atom is -0.444 e. The van der Waals surface area contributed by atoms with Crippen molar-refractivity contribution in [3.63, 3.8) is 0 Å². The Labute approximate surface area is 132 Å². The van der Waals surface area contributed by atoms with Gasteiger partial charge in [0.05, 0.1) is 0 Å². The highest BCUT2D eigenvalue weighted by Gasteiger charge is 2.16. The summed E-state index contributed by atoms with van der Waals surface area (Å²) in [6, 6.07) is 6.81. The van der Waals surface area contributed by atoms with E-state index in [1.54, 1.807) is 45.0 Å². The lowest BCUT2D eigenvalue weighted by Crippen LogP contribution is -2.36. The molecule has 1 atom stereocenters. The summed E-state index contributed by atoms with van der Waals surface area (Å²) in [5, 5.41) is 5.57. The molecule has 0 bridgehead atoms. The van der Waals surface area contributed by atoms with Crippen LogP contribution in [0.15, 0.2) is 24.3 Å². The minimum atomic E-state index is -0.545. The third kappa shape index (κ3) is 6.16. The Bertz CT molecular complexity index is 516. The fourth-order valence-corrected chi connectivity index (χ4v) is 1.58. The molecule has 0 aromatic heterocycles. The molecule has 122 valence electrons. The fourth-order valence-electron chi connectivity index (χ4n) is 1.58. The van der Waals surface area contributed by atoms with Gasteiger partial charge in [0, 0.05) is 17.3 Å². The van der Waals surface area contributed by atoms with Crippen LogP contribution in [0.1, 0.15) is 51.9 Å². The van der Waals surface area contributed by atoms with Crippen molar-refractivity contribution in [1.82, 2.24) is 5.32 Å². The highest BCUT2D eigenvalue weighted by molar-refractivity contribution is 5.95. The van der Waals surface area contributed by atoms with E-state index in [1.807, 2.05) is 6.92 Å². The summed E-state index contributed by atoms with van der Waals surface area (Å²) in [4.78, 5) is 23.7. The number of nitrogens with one attached hydrogen (secondary N) is 2. The molecule has 22 heavy (non-hydrogen) atoms. The molecule has 0 fully saturated rings. The summed E-state index contributed by atoms with van der Waals surface area (Å²) >= 11 is 0. The number of anilines is 1. The Morgan fingerprint density at radius 2 is 1.59 bits per heavy atom. The molecule has 0 saturated heterocycles. The minimum absolute atomic E-state index is 0.104. The van der Waals surface area contributed by atoms with Crippen LogP contribution in [-0.4, -0.2) is 23.6 Å². The summed E-state index contributed by atoms with van der Waals surface area (Å²) < 4.78 is 5.17. The molecule has 5 heteroatoms. The highest BCUT2D eigenvalue weighted by atomic mass is 16.6. The quantitative estimate of drug-likeness (QED) is 0.889. The molecule has 2 amide bonds. The third-order valence-corrected chi connectivity index (χ3v) is 3.15. The van der Waals surface area contributed by atoms with Crippen LogP contribution >= 0.6 is 0 Å². The van der Waals surface area contributed by atoms with Gasteiger partial charge in [-0.2, -0.15) is 0 Å². The van der Waals surface area contributed by atoms with Crippen molar-refractivity contribution in [3.8, 4) is 0 Å². The van der Waals surface area contributed by atoms with Crippen molar-refractivity contribution in [2.75, 3.05) is 5.32 Å². The van der Waals surface area contributed by atoms with E-state index in [4.69, 9.17) is 4.74 Å². The Morgan fingerprint density at radius 1 is 1.05 bits per heavy atom. The second-order valence-electron chi connectivity index (χ2n) is 6.71. The Morgan fingerprint density at radius 3 is 2.05 bits per heavy atom. The second kappa shape index (κ2) is 7.29. The smallest absolute Gasteiger partial charge is 0.412 e. The molecule has 0 aliphatic heterocycles. The number of carbonyl (C=O) groups is 2. The first-order chi connectivity index (χ1) is 10.1. The van der Waals surface area contributed by atoms with E-state index in [9.17, 15) is 9.59 Å². The van der Waals surface area contributed by atoms with Crippen LogP contribution in [0.3, 0.4) is 0 Å². The first-order valence-corrected chi connectivity index (χ1v) is 7.49. The zero-order valence-electron chi connectivity index (χ0n) is 14.2. The normalized spacial score (nSPS) is 12.7. The van der Waals surface area contributed by atoms with E-state index >= 15 is 0 Å². The topological polar surface area (TPSA) is 67.4 Å². The SMILES string of the molecule is CC(C)C(C)NC(=O)c1ccc(NC(=O)OC(C)(C)C)cc1. The average Bonchev–Trinajstić information content (AvgIpc) is 2.36. The molecule has 1 rings (SSSR count). The summed E-state index contributed by atoms with van der Waals surface area (Å²) in [6.07, 6.45) is -0.516. The van der Waals surface area contributed by atoms with E-state index in [-0.39, 0.29) is 11.9 Å². The largest absolute Gasteiger partial charge is 0.444 e. The first-order valence-electron chi connectivity index (χ1n) is 7.49. The molecule has 1 unspecified atom stereocenters. The summed E-state index contributed by atoms with van der Waals surface area (Å²) in [5.74, 6) is 0.252. The van der Waals surface area contributed by atoms with Gasteiger partial charge in [-0.3, -0.25) is 10.1 Å². The van der Waals surface area contributed by atoms with Crippen molar-refractivity contribution in [1.29, 1.82) is 0 Å². The molecule has 1 aromatic rings. The molecule has 0 spiro atoms. The molecule has 5 nitrogen and oxygen atoms in total. The van der Waals surface area contributed by atoms with Gasteiger partial charge in [0.1, 0.15) is 5.60 Å². The number of ether oxygens (including phenoxy) is 1. The molecule has 0 saturated carbocycles. The number of carbonyl (C=O) groups excluding carboxylic acids is 2. The maximum Gasteiger partial charge on any atom is 0.412 e. The zero-order chi connectivity index (χ0) is 16.9. The molecule has 0 heterocycles. The van der Waals surface area contributed by atoms with Gasteiger partial charge in [-0.1, -0.05) is 13.8 Å². The monoisotopic (exact) mass is 306 g/mol. The van der Waals surface area contributed by atoms with Gasteiger partial charge in [0.2, 0.25) is 0 Å². The number of hydrogen-bond donors (Lipinski definition) is 2. The first kappa shape index (κ1) is 18.0.